The van der Waals surface area contributed by atoms with Gasteiger partial charge in [-0.2, -0.15) is 0 Å². The van der Waals surface area contributed by atoms with Gasteiger partial charge in [0, 0.05) is 13.2 Å². The Labute approximate surface area is 86.7 Å². The van der Waals surface area contributed by atoms with Crippen LogP contribution in [0.5, 0.6) is 0 Å². The topological polar surface area (TPSA) is 24.1 Å². The van der Waals surface area contributed by atoms with Crippen LogP contribution in [0.15, 0.2) is 12.1 Å². The summed E-state index contributed by atoms with van der Waals surface area (Å²) in [6, 6.07) is 4.40. The van der Waals surface area contributed by atoms with Gasteiger partial charge in [-0.3, -0.25) is 0 Å². The third-order valence-corrected chi connectivity index (χ3v) is 2.79. The Hall–Kier alpha value is -0.860. The van der Waals surface area contributed by atoms with Crippen molar-refractivity contribution in [3.05, 3.63) is 34.4 Å². The van der Waals surface area contributed by atoms with E-state index in [0.717, 1.165) is 13.2 Å². The van der Waals surface area contributed by atoms with Gasteiger partial charge in [-0.1, -0.05) is 12.1 Å². The van der Waals surface area contributed by atoms with Crippen molar-refractivity contribution < 1.29 is 0 Å². The number of rotatable bonds is 4. The van der Waals surface area contributed by atoms with E-state index < -0.39 is 0 Å². The molecule has 0 aliphatic carbocycles. The van der Waals surface area contributed by atoms with Crippen molar-refractivity contribution in [1.29, 1.82) is 0 Å². The zero-order valence-corrected chi connectivity index (χ0v) is 9.57. The molecule has 0 heterocycles. The molecule has 0 atom stereocenters. The Balaban J connectivity index is 2.73. The summed E-state index contributed by atoms with van der Waals surface area (Å²) in [5, 5.41) is 6.40. The van der Waals surface area contributed by atoms with Crippen LogP contribution in [0.4, 0.5) is 0 Å². The van der Waals surface area contributed by atoms with Gasteiger partial charge in [0.1, 0.15) is 0 Å². The van der Waals surface area contributed by atoms with Crippen molar-refractivity contribution >= 4 is 0 Å². The van der Waals surface area contributed by atoms with Crippen molar-refractivity contribution in [3.63, 3.8) is 0 Å². The van der Waals surface area contributed by atoms with Gasteiger partial charge in [0.15, 0.2) is 0 Å². The molecule has 0 aliphatic heterocycles. The highest BCUT2D eigenvalue weighted by atomic mass is 15.0. The summed E-state index contributed by atoms with van der Waals surface area (Å²) in [4.78, 5) is 0. The minimum atomic E-state index is 0.854. The lowest BCUT2D eigenvalue weighted by atomic mass is 9.99. The molecule has 0 aromatic heterocycles. The standard InChI is InChI=1S/C12H20N2/c1-9-5-6-12(7-14-8-13-4)11(3)10(9)2/h5-6,13-14H,7-8H2,1-4H3. The molecule has 78 valence electrons. The van der Waals surface area contributed by atoms with E-state index in [1.54, 1.807) is 0 Å². The second kappa shape index (κ2) is 5.13. The van der Waals surface area contributed by atoms with Gasteiger partial charge in [-0.25, -0.2) is 0 Å². The summed E-state index contributed by atoms with van der Waals surface area (Å²) in [7, 11) is 1.94. The van der Waals surface area contributed by atoms with Crippen molar-refractivity contribution in [3.8, 4) is 0 Å². The third-order valence-electron chi connectivity index (χ3n) is 2.79. The van der Waals surface area contributed by atoms with Gasteiger partial charge in [-0.05, 0) is 50.1 Å². The molecule has 2 nitrogen and oxygen atoms in total. The molecule has 0 unspecified atom stereocenters. The Morgan fingerprint density at radius 3 is 2.43 bits per heavy atom. The summed E-state index contributed by atoms with van der Waals surface area (Å²) in [5.41, 5.74) is 5.59. The Morgan fingerprint density at radius 2 is 1.79 bits per heavy atom. The maximum Gasteiger partial charge on any atom is 0.0454 e. The lowest BCUT2D eigenvalue weighted by Gasteiger charge is -2.11. The molecule has 0 saturated heterocycles. The first-order valence-electron chi connectivity index (χ1n) is 5.07. The Morgan fingerprint density at radius 1 is 1.07 bits per heavy atom. The molecule has 0 amide bonds. The first-order valence-corrected chi connectivity index (χ1v) is 5.07. The van der Waals surface area contributed by atoms with Crippen LogP contribution in [0.25, 0.3) is 0 Å². The van der Waals surface area contributed by atoms with Crippen LogP contribution >= 0.6 is 0 Å². The van der Waals surface area contributed by atoms with Crippen molar-refractivity contribution in [2.75, 3.05) is 13.7 Å². The Kier molecular flexibility index (Phi) is 4.11. The Bertz CT molecular complexity index is 305. The molecular weight excluding hydrogens is 172 g/mol. The first kappa shape index (κ1) is 11.2. The van der Waals surface area contributed by atoms with E-state index in [0.29, 0.717) is 0 Å². The first-order chi connectivity index (χ1) is 6.66. The zero-order chi connectivity index (χ0) is 10.6. The van der Waals surface area contributed by atoms with Gasteiger partial charge >= 0.3 is 0 Å². The predicted octanol–water partition coefficient (Wildman–Crippen LogP) is 1.88. The third kappa shape index (κ3) is 2.56. The fraction of sp³-hybridized carbons (Fsp3) is 0.500. The fourth-order valence-electron chi connectivity index (χ4n) is 1.53. The van der Waals surface area contributed by atoms with E-state index in [-0.39, 0.29) is 0 Å². The molecule has 0 spiro atoms. The quantitative estimate of drug-likeness (QED) is 0.562. The predicted molar refractivity (Wildman–Crippen MR) is 61.4 cm³/mol. The molecule has 0 fully saturated rings. The molecule has 2 heteroatoms. The summed E-state index contributed by atoms with van der Waals surface area (Å²) >= 11 is 0. The molecule has 1 aromatic rings. The van der Waals surface area contributed by atoms with Crippen LogP contribution in [0.3, 0.4) is 0 Å². The molecule has 0 aliphatic rings. The molecule has 0 saturated carbocycles. The fourth-order valence-corrected chi connectivity index (χ4v) is 1.53. The second-order valence-corrected chi connectivity index (χ2v) is 3.75. The average molecular weight is 192 g/mol. The average Bonchev–Trinajstić information content (AvgIpc) is 2.18. The van der Waals surface area contributed by atoms with Crippen LogP contribution < -0.4 is 10.6 Å². The van der Waals surface area contributed by atoms with Gasteiger partial charge in [-0.15, -0.1) is 0 Å². The molecule has 0 bridgehead atoms. The van der Waals surface area contributed by atoms with E-state index >= 15 is 0 Å². The number of hydrogen-bond acceptors (Lipinski definition) is 2. The smallest absolute Gasteiger partial charge is 0.0454 e. The number of benzene rings is 1. The van der Waals surface area contributed by atoms with Gasteiger partial charge in [0.25, 0.3) is 0 Å². The summed E-state index contributed by atoms with van der Waals surface area (Å²) in [5.74, 6) is 0. The minimum absolute atomic E-state index is 0.854. The number of hydrogen-bond donors (Lipinski definition) is 2. The number of aryl methyl sites for hydroxylation is 1. The van der Waals surface area contributed by atoms with Crippen LogP contribution in [0, 0.1) is 20.8 Å². The van der Waals surface area contributed by atoms with Crippen LogP contribution in [0.2, 0.25) is 0 Å². The van der Waals surface area contributed by atoms with Crippen LogP contribution in [-0.4, -0.2) is 13.7 Å². The second-order valence-electron chi connectivity index (χ2n) is 3.75. The summed E-state index contributed by atoms with van der Waals surface area (Å²) < 4.78 is 0. The lowest BCUT2D eigenvalue weighted by Crippen LogP contribution is -2.25. The molecule has 2 N–H and O–H groups in total. The van der Waals surface area contributed by atoms with E-state index in [9.17, 15) is 0 Å². The van der Waals surface area contributed by atoms with Crippen LogP contribution in [0.1, 0.15) is 22.3 Å². The van der Waals surface area contributed by atoms with E-state index in [2.05, 4.69) is 43.5 Å². The molecule has 1 aromatic carbocycles. The number of nitrogens with one attached hydrogen (secondary N) is 2. The van der Waals surface area contributed by atoms with E-state index in [1.165, 1.54) is 22.3 Å². The largest absolute Gasteiger partial charge is 0.308 e. The van der Waals surface area contributed by atoms with Crippen molar-refractivity contribution in [2.24, 2.45) is 0 Å². The zero-order valence-electron chi connectivity index (χ0n) is 9.57. The highest BCUT2D eigenvalue weighted by Crippen LogP contribution is 2.16. The molecule has 14 heavy (non-hydrogen) atoms. The maximum absolute atomic E-state index is 3.33. The molecular formula is C12H20N2. The molecule has 1 rings (SSSR count). The van der Waals surface area contributed by atoms with Gasteiger partial charge < -0.3 is 10.6 Å². The summed E-state index contributed by atoms with van der Waals surface area (Å²) in [6.07, 6.45) is 0. The SMILES string of the molecule is CNCNCc1ccc(C)c(C)c1C. The highest BCUT2D eigenvalue weighted by molar-refractivity contribution is 5.38. The highest BCUT2D eigenvalue weighted by Gasteiger charge is 2.02. The van der Waals surface area contributed by atoms with Crippen molar-refractivity contribution in [1.82, 2.24) is 10.6 Å². The van der Waals surface area contributed by atoms with Crippen LogP contribution in [-0.2, 0) is 6.54 Å². The maximum atomic E-state index is 3.33. The monoisotopic (exact) mass is 192 g/mol. The van der Waals surface area contributed by atoms with Crippen molar-refractivity contribution in [2.45, 2.75) is 27.3 Å². The van der Waals surface area contributed by atoms with Gasteiger partial charge in [0.2, 0.25) is 0 Å². The van der Waals surface area contributed by atoms with E-state index in [1.807, 2.05) is 7.05 Å². The summed E-state index contributed by atoms with van der Waals surface area (Å²) in [6.45, 7) is 8.33. The molecule has 0 radical (unpaired) electrons. The van der Waals surface area contributed by atoms with Gasteiger partial charge in [0.05, 0.1) is 0 Å². The minimum Gasteiger partial charge on any atom is -0.308 e. The lowest BCUT2D eigenvalue weighted by molar-refractivity contribution is 0.630. The normalized spacial score (nSPS) is 10.6. The van der Waals surface area contributed by atoms with E-state index in [4.69, 9.17) is 0 Å².